The van der Waals surface area contributed by atoms with Crippen molar-refractivity contribution >= 4 is 27.3 Å². The number of hydrogen-bond acceptors (Lipinski definition) is 5. The summed E-state index contributed by atoms with van der Waals surface area (Å²) in [4.78, 5) is 12.9. The van der Waals surface area contributed by atoms with Crippen molar-refractivity contribution < 1.29 is 17.9 Å². The van der Waals surface area contributed by atoms with Gasteiger partial charge in [0.2, 0.25) is 10.0 Å². The molecule has 3 aromatic rings. The topological polar surface area (TPSA) is 86.5 Å². The van der Waals surface area contributed by atoms with Crippen LogP contribution >= 0.6 is 11.3 Å². The van der Waals surface area contributed by atoms with Gasteiger partial charge in [-0.25, -0.2) is 18.4 Å². The van der Waals surface area contributed by atoms with Crippen LogP contribution in [0.25, 0.3) is 22.3 Å². The number of rotatable bonds is 5. The van der Waals surface area contributed by atoms with E-state index in [4.69, 9.17) is 9.88 Å². The zero-order chi connectivity index (χ0) is 19.6. The van der Waals surface area contributed by atoms with Crippen LogP contribution in [0.5, 0.6) is 0 Å². The lowest BCUT2D eigenvalue weighted by Gasteiger charge is -2.09. The van der Waals surface area contributed by atoms with E-state index in [9.17, 15) is 13.2 Å². The van der Waals surface area contributed by atoms with Crippen LogP contribution in [0.15, 0.2) is 58.8 Å². The number of benzene rings is 2. The first kappa shape index (κ1) is 19.3. The highest BCUT2D eigenvalue weighted by Crippen LogP contribution is 2.40. The summed E-state index contributed by atoms with van der Waals surface area (Å²) in [6, 6.07) is 14.2. The van der Waals surface area contributed by atoms with E-state index in [0.717, 1.165) is 27.8 Å². The molecular formula is C20H19NO4S2. The normalized spacial score (nSPS) is 11.4. The molecule has 1 aromatic heterocycles. The fourth-order valence-electron chi connectivity index (χ4n) is 2.75. The maximum atomic E-state index is 12.4. The monoisotopic (exact) mass is 401 g/mol. The minimum absolute atomic E-state index is 0.0241. The van der Waals surface area contributed by atoms with Gasteiger partial charge in [-0.3, -0.25) is 0 Å². The zero-order valence-corrected chi connectivity index (χ0v) is 16.6. The van der Waals surface area contributed by atoms with Crippen LogP contribution in [0, 0.1) is 6.92 Å². The van der Waals surface area contributed by atoms with Gasteiger partial charge in [-0.05, 0) is 37.1 Å². The fourth-order valence-corrected chi connectivity index (χ4v) is 4.25. The van der Waals surface area contributed by atoms with Gasteiger partial charge in [0.05, 0.1) is 11.5 Å². The second kappa shape index (κ2) is 7.64. The van der Waals surface area contributed by atoms with Gasteiger partial charge < -0.3 is 4.74 Å². The Balaban J connectivity index is 2.17. The van der Waals surface area contributed by atoms with Gasteiger partial charge in [0, 0.05) is 16.5 Å². The SMILES string of the molecule is CCOC(=O)c1scc(-c2ccc(C)cc2)c1-c1ccc(S(N)(=O)=O)cc1. The second-order valence-corrected chi connectivity index (χ2v) is 8.45. The lowest BCUT2D eigenvalue weighted by atomic mass is 9.96. The summed E-state index contributed by atoms with van der Waals surface area (Å²) >= 11 is 1.31. The van der Waals surface area contributed by atoms with E-state index in [1.807, 2.05) is 36.6 Å². The van der Waals surface area contributed by atoms with Crippen LogP contribution in [0.4, 0.5) is 0 Å². The standard InChI is InChI=1S/C20H19NO4S2/c1-3-25-20(22)19-18(15-8-10-16(11-9-15)27(21,23)24)17(12-26-19)14-6-4-13(2)5-7-14/h4-12H,3H2,1-2H3,(H2,21,23,24). The quantitative estimate of drug-likeness (QED) is 0.649. The van der Waals surface area contributed by atoms with Crippen molar-refractivity contribution in [1.82, 2.24) is 0 Å². The summed E-state index contributed by atoms with van der Waals surface area (Å²) in [6.45, 7) is 4.04. The Morgan fingerprint density at radius 3 is 2.19 bits per heavy atom. The van der Waals surface area contributed by atoms with Crippen LogP contribution in [-0.2, 0) is 14.8 Å². The molecule has 0 aliphatic carbocycles. The molecule has 0 amide bonds. The van der Waals surface area contributed by atoms with Gasteiger partial charge in [-0.1, -0.05) is 42.0 Å². The third-order valence-corrected chi connectivity index (χ3v) is 5.98. The van der Waals surface area contributed by atoms with Crippen molar-refractivity contribution in [2.75, 3.05) is 6.61 Å². The number of primary sulfonamides is 1. The summed E-state index contributed by atoms with van der Waals surface area (Å²) in [6.07, 6.45) is 0. The first-order valence-electron chi connectivity index (χ1n) is 8.30. The first-order chi connectivity index (χ1) is 12.8. The molecule has 0 bridgehead atoms. The molecule has 0 saturated heterocycles. The lowest BCUT2D eigenvalue weighted by molar-refractivity contribution is 0.0533. The molecule has 2 N–H and O–H groups in total. The van der Waals surface area contributed by atoms with Crippen LogP contribution in [0.1, 0.15) is 22.2 Å². The molecule has 0 fully saturated rings. The molecule has 27 heavy (non-hydrogen) atoms. The highest BCUT2D eigenvalue weighted by molar-refractivity contribution is 7.89. The maximum absolute atomic E-state index is 12.4. The van der Waals surface area contributed by atoms with Crippen molar-refractivity contribution in [3.8, 4) is 22.3 Å². The summed E-state index contributed by atoms with van der Waals surface area (Å²) in [7, 11) is -3.78. The molecule has 0 atom stereocenters. The van der Waals surface area contributed by atoms with Crippen molar-refractivity contribution in [1.29, 1.82) is 0 Å². The van der Waals surface area contributed by atoms with Crippen molar-refractivity contribution in [3.05, 3.63) is 64.4 Å². The third-order valence-electron chi connectivity index (χ3n) is 4.09. The first-order valence-corrected chi connectivity index (χ1v) is 10.7. The van der Waals surface area contributed by atoms with Gasteiger partial charge in [0.25, 0.3) is 0 Å². The maximum Gasteiger partial charge on any atom is 0.348 e. The predicted octanol–water partition coefficient (Wildman–Crippen LogP) is 4.21. The number of carbonyl (C=O) groups excluding carboxylic acids is 1. The summed E-state index contributed by atoms with van der Waals surface area (Å²) < 4.78 is 28.2. The molecular weight excluding hydrogens is 382 g/mol. The number of ether oxygens (including phenoxy) is 1. The Bertz CT molecular complexity index is 1070. The number of thiophene rings is 1. The lowest BCUT2D eigenvalue weighted by Crippen LogP contribution is -2.11. The molecule has 140 valence electrons. The third kappa shape index (κ3) is 4.10. The van der Waals surface area contributed by atoms with Crippen LogP contribution in [0.2, 0.25) is 0 Å². The van der Waals surface area contributed by atoms with Crippen molar-refractivity contribution in [3.63, 3.8) is 0 Å². The molecule has 7 heteroatoms. The minimum atomic E-state index is -3.78. The average molecular weight is 402 g/mol. The van der Waals surface area contributed by atoms with E-state index in [2.05, 4.69) is 0 Å². The van der Waals surface area contributed by atoms with Gasteiger partial charge in [0.1, 0.15) is 4.88 Å². The molecule has 0 radical (unpaired) electrons. The van der Waals surface area contributed by atoms with Gasteiger partial charge in [-0.15, -0.1) is 11.3 Å². The van der Waals surface area contributed by atoms with E-state index in [0.29, 0.717) is 4.88 Å². The molecule has 0 saturated carbocycles. The molecule has 0 aliphatic heterocycles. The van der Waals surface area contributed by atoms with Gasteiger partial charge in [0.15, 0.2) is 0 Å². The van der Waals surface area contributed by atoms with Crippen LogP contribution in [0.3, 0.4) is 0 Å². The summed E-state index contributed by atoms with van der Waals surface area (Å²) in [5.41, 5.74) is 4.45. The number of carbonyl (C=O) groups is 1. The van der Waals surface area contributed by atoms with E-state index >= 15 is 0 Å². The van der Waals surface area contributed by atoms with E-state index < -0.39 is 16.0 Å². The highest BCUT2D eigenvalue weighted by atomic mass is 32.2. The molecule has 5 nitrogen and oxygen atoms in total. The smallest absolute Gasteiger partial charge is 0.348 e. The average Bonchev–Trinajstić information content (AvgIpc) is 3.07. The Hall–Kier alpha value is -2.48. The molecule has 3 rings (SSSR count). The summed E-state index contributed by atoms with van der Waals surface area (Å²) in [5, 5.41) is 7.09. The van der Waals surface area contributed by atoms with E-state index in [1.54, 1.807) is 19.1 Å². The molecule has 1 heterocycles. The largest absolute Gasteiger partial charge is 0.462 e. The molecule has 0 aliphatic rings. The zero-order valence-electron chi connectivity index (χ0n) is 14.9. The number of esters is 1. The minimum Gasteiger partial charge on any atom is -0.462 e. The number of nitrogens with two attached hydrogens (primary N) is 1. The number of aryl methyl sites for hydroxylation is 1. The van der Waals surface area contributed by atoms with Gasteiger partial charge in [-0.2, -0.15) is 0 Å². The van der Waals surface area contributed by atoms with E-state index in [1.165, 1.54) is 23.5 Å². The summed E-state index contributed by atoms with van der Waals surface area (Å²) in [5.74, 6) is -0.397. The Morgan fingerprint density at radius 1 is 1.04 bits per heavy atom. The van der Waals surface area contributed by atoms with Crippen molar-refractivity contribution in [2.24, 2.45) is 5.14 Å². The molecule has 0 spiro atoms. The van der Waals surface area contributed by atoms with Crippen molar-refractivity contribution in [2.45, 2.75) is 18.7 Å². The molecule has 2 aromatic carbocycles. The van der Waals surface area contributed by atoms with E-state index in [-0.39, 0.29) is 11.5 Å². The van der Waals surface area contributed by atoms with Crippen LogP contribution in [-0.4, -0.2) is 21.0 Å². The van der Waals surface area contributed by atoms with Crippen LogP contribution < -0.4 is 5.14 Å². The highest BCUT2D eigenvalue weighted by Gasteiger charge is 2.22. The fraction of sp³-hybridized carbons (Fsp3) is 0.150. The number of hydrogen-bond donors (Lipinski definition) is 1. The second-order valence-electron chi connectivity index (χ2n) is 6.01. The molecule has 0 unspecified atom stereocenters. The Kier molecular flexibility index (Phi) is 5.46. The number of sulfonamides is 1. The van der Waals surface area contributed by atoms with Gasteiger partial charge >= 0.3 is 5.97 Å². The Morgan fingerprint density at radius 2 is 1.63 bits per heavy atom. The Labute approximate surface area is 162 Å². The predicted molar refractivity (Wildman–Crippen MR) is 107 cm³/mol.